The minimum absolute atomic E-state index is 0.0759. The molecule has 12 aromatic rings. The Kier molecular flexibility index (Phi) is 6.93. The maximum atomic E-state index is 6.55. The maximum Gasteiger partial charge on any atom is 0.198 e. The van der Waals surface area contributed by atoms with E-state index in [1.165, 1.54) is 69.8 Å². The van der Waals surface area contributed by atoms with Crippen molar-refractivity contribution in [3.05, 3.63) is 163 Å². The number of aromatic nitrogens is 1. The zero-order valence-electron chi connectivity index (χ0n) is 33.4. The molecule has 6 heteroatoms. The van der Waals surface area contributed by atoms with E-state index in [1.807, 2.05) is 23.7 Å². The Morgan fingerprint density at radius 2 is 1.37 bits per heavy atom. The number of thiophene rings is 1. The van der Waals surface area contributed by atoms with Crippen LogP contribution < -0.4 is 16.2 Å². The van der Waals surface area contributed by atoms with Crippen LogP contribution in [0.5, 0.6) is 0 Å². The van der Waals surface area contributed by atoms with Crippen LogP contribution >= 0.6 is 11.3 Å². The summed E-state index contributed by atoms with van der Waals surface area (Å²) >= 11 is 1.86. The van der Waals surface area contributed by atoms with Crippen molar-refractivity contribution < 1.29 is 8.83 Å². The van der Waals surface area contributed by atoms with Gasteiger partial charge >= 0.3 is 0 Å². The van der Waals surface area contributed by atoms with E-state index in [2.05, 4.69) is 176 Å². The Morgan fingerprint density at radius 1 is 0.567 bits per heavy atom. The van der Waals surface area contributed by atoms with Gasteiger partial charge in [-0.15, -0.1) is 11.3 Å². The number of hydrogen-bond donors (Lipinski definition) is 1. The molecule has 0 fully saturated rings. The topological polar surface area (TPSA) is 43.2 Å². The van der Waals surface area contributed by atoms with E-state index in [1.54, 1.807) is 0 Å². The van der Waals surface area contributed by atoms with Gasteiger partial charge in [-0.1, -0.05) is 117 Å². The highest BCUT2D eigenvalue weighted by molar-refractivity contribution is 7.25. The Bertz CT molecular complexity index is 3750. The third-order valence-electron chi connectivity index (χ3n) is 12.8. The maximum absolute atomic E-state index is 6.55. The number of nitrogens with one attached hydrogen (secondary N) is 1. The number of nitrogens with zero attached hydrogens (tertiary/aromatic N) is 1. The molecule has 284 valence electrons. The Hall–Kier alpha value is -7.02. The van der Waals surface area contributed by atoms with Crippen LogP contribution in [0.4, 0.5) is 11.4 Å². The van der Waals surface area contributed by atoms with Crippen LogP contribution in [0.3, 0.4) is 0 Å². The smallest absolute Gasteiger partial charge is 0.198 e. The first-order chi connectivity index (χ1) is 29.3. The Morgan fingerprint density at radius 3 is 2.22 bits per heavy atom. The van der Waals surface area contributed by atoms with E-state index in [-0.39, 0.29) is 5.41 Å². The molecule has 4 nitrogen and oxygen atoms in total. The summed E-state index contributed by atoms with van der Waals surface area (Å²) in [5.74, 6) is 0. The number of benzene rings is 8. The molecule has 0 saturated heterocycles. The van der Waals surface area contributed by atoms with Gasteiger partial charge in [-0.25, -0.2) is 0 Å². The van der Waals surface area contributed by atoms with Crippen LogP contribution in [-0.2, 0) is 5.41 Å². The van der Waals surface area contributed by atoms with Crippen LogP contribution in [0.25, 0.3) is 103 Å². The number of fused-ring (bicyclic) bond motifs is 12. The fourth-order valence-corrected chi connectivity index (χ4v) is 11.0. The summed E-state index contributed by atoms with van der Waals surface area (Å²) in [7, 11) is 0.761. The molecule has 8 aromatic carbocycles. The number of hydrogen-bond acceptors (Lipinski definition) is 4. The summed E-state index contributed by atoms with van der Waals surface area (Å²) in [4.78, 5) is 0. The second-order valence-corrected chi connectivity index (χ2v) is 18.5. The molecule has 0 amide bonds. The summed E-state index contributed by atoms with van der Waals surface area (Å²) in [6, 6.07) is 55.4. The minimum atomic E-state index is 0.0759. The Labute approximate surface area is 350 Å². The van der Waals surface area contributed by atoms with Crippen LogP contribution in [0.2, 0.25) is 0 Å². The van der Waals surface area contributed by atoms with E-state index in [0.29, 0.717) is 0 Å². The first-order valence-electron chi connectivity index (χ1n) is 20.7. The molecule has 1 N–H and O–H groups in total. The minimum Gasteiger partial charge on any atom is -0.464 e. The van der Waals surface area contributed by atoms with E-state index in [4.69, 9.17) is 8.83 Å². The molecule has 13 rings (SSSR count). The predicted molar refractivity (Wildman–Crippen MR) is 256 cm³/mol. The predicted octanol–water partition coefficient (Wildman–Crippen LogP) is 13.9. The van der Waals surface area contributed by atoms with Gasteiger partial charge in [-0.05, 0) is 82.2 Å². The van der Waals surface area contributed by atoms with Crippen molar-refractivity contribution in [1.82, 2.24) is 4.57 Å². The molecule has 4 aromatic heterocycles. The number of furan rings is 2. The molecular formula is C54H37BN2O2S. The van der Waals surface area contributed by atoms with Crippen molar-refractivity contribution >= 4 is 116 Å². The van der Waals surface area contributed by atoms with E-state index in [9.17, 15) is 0 Å². The molecule has 0 spiro atoms. The molecule has 0 atom stereocenters. The van der Waals surface area contributed by atoms with Gasteiger partial charge in [-0.2, -0.15) is 0 Å². The number of anilines is 2. The molecule has 0 bridgehead atoms. The monoisotopic (exact) mass is 788 g/mol. The molecule has 5 heterocycles. The average molecular weight is 789 g/mol. The fourth-order valence-electron chi connectivity index (χ4n) is 9.86. The molecule has 0 unspecified atom stereocenters. The van der Waals surface area contributed by atoms with Gasteiger partial charge in [-0.3, -0.25) is 0 Å². The second kappa shape index (κ2) is 12.3. The van der Waals surface area contributed by atoms with Crippen LogP contribution in [0.15, 0.2) is 167 Å². The first-order valence-corrected chi connectivity index (χ1v) is 21.5. The van der Waals surface area contributed by atoms with Crippen molar-refractivity contribution in [2.75, 3.05) is 5.32 Å². The SMILES string of the molecule is CC(C)(C)c1ccc(Nc2cc3sc4ccccc4c3cc2-c2ccc3c4cc5c(cc4n4c3c2Bc2cc3occ(-c6ccccc6)c3cc2-4)oc2ccccc25)cc1. The van der Waals surface area contributed by atoms with Gasteiger partial charge in [0, 0.05) is 86.9 Å². The largest absolute Gasteiger partial charge is 0.464 e. The van der Waals surface area contributed by atoms with Gasteiger partial charge in [0.15, 0.2) is 7.28 Å². The highest BCUT2D eigenvalue weighted by Crippen LogP contribution is 2.45. The van der Waals surface area contributed by atoms with E-state index in [0.717, 1.165) is 68.2 Å². The molecule has 0 aliphatic carbocycles. The van der Waals surface area contributed by atoms with Gasteiger partial charge < -0.3 is 18.7 Å². The van der Waals surface area contributed by atoms with Gasteiger partial charge in [0.1, 0.15) is 16.7 Å². The second-order valence-electron chi connectivity index (χ2n) is 17.4. The Balaban J connectivity index is 1.10. The number of para-hydroxylation sites is 1. The van der Waals surface area contributed by atoms with Gasteiger partial charge in [0.05, 0.1) is 11.8 Å². The molecule has 60 heavy (non-hydrogen) atoms. The molecular weight excluding hydrogens is 751 g/mol. The lowest BCUT2D eigenvalue weighted by Gasteiger charge is -2.24. The summed E-state index contributed by atoms with van der Waals surface area (Å²) in [6.45, 7) is 6.79. The third-order valence-corrected chi connectivity index (χ3v) is 14.0. The lowest BCUT2D eigenvalue weighted by molar-refractivity contribution is 0.590. The molecule has 0 radical (unpaired) electrons. The highest BCUT2D eigenvalue weighted by atomic mass is 32.1. The van der Waals surface area contributed by atoms with E-state index < -0.39 is 0 Å². The summed E-state index contributed by atoms with van der Waals surface area (Å²) in [5, 5.41) is 12.3. The summed E-state index contributed by atoms with van der Waals surface area (Å²) in [5.41, 5.74) is 17.0. The van der Waals surface area contributed by atoms with Crippen molar-refractivity contribution in [1.29, 1.82) is 0 Å². The fraction of sp³-hybridized carbons (Fsp3) is 0.0741. The third kappa shape index (κ3) is 4.92. The van der Waals surface area contributed by atoms with Crippen molar-refractivity contribution in [2.45, 2.75) is 26.2 Å². The zero-order valence-corrected chi connectivity index (χ0v) is 34.2. The lowest BCUT2D eigenvalue weighted by atomic mass is 9.59. The van der Waals surface area contributed by atoms with E-state index >= 15 is 0 Å². The standard InChI is InChI=1S/C54H37BN2O2S/c1-54(2,3)31-17-19-32(20-18-31)56-44-27-51-41(34-14-8-10-16-50(34)60-51)23-37(44)35-21-22-36-38-24-39-33-13-7-9-15-47(33)59-49(39)28-45(38)57-46-25-40-42(30-11-5-4-6-12-30)29-58-48(40)26-43(46)55-52(35)53(36)57/h4-29,55-56H,1-3H3. The van der Waals surface area contributed by atoms with Crippen LogP contribution in [0.1, 0.15) is 26.3 Å². The van der Waals surface area contributed by atoms with Gasteiger partial charge in [0.25, 0.3) is 0 Å². The van der Waals surface area contributed by atoms with Crippen LogP contribution in [-0.4, -0.2) is 11.8 Å². The van der Waals surface area contributed by atoms with Crippen LogP contribution in [0, 0.1) is 0 Å². The normalized spacial score (nSPS) is 12.7. The molecule has 1 aliphatic heterocycles. The number of rotatable bonds is 4. The summed E-state index contributed by atoms with van der Waals surface area (Å²) < 4.78 is 18.0. The first kappa shape index (κ1) is 33.9. The average Bonchev–Trinajstić information content (AvgIpc) is 4.03. The highest BCUT2D eigenvalue weighted by Gasteiger charge is 2.29. The van der Waals surface area contributed by atoms with Crippen molar-refractivity contribution in [3.63, 3.8) is 0 Å². The summed E-state index contributed by atoms with van der Waals surface area (Å²) in [6.07, 6.45) is 1.91. The molecule has 1 aliphatic rings. The molecule has 0 saturated carbocycles. The van der Waals surface area contributed by atoms with Crippen molar-refractivity contribution in [3.8, 4) is 27.9 Å². The van der Waals surface area contributed by atoms with Gasteiger partial charge in [0.2, 0.25) is 0 Å². The van der Waals surface area contributed by atoms with Crippen molar-refractivity contribution in [2.24, 2.45) is 0 Å². The lowest BCUT2D eigenvalue weighted by Crippen LogP contribution is -2.37. The quantitative estimate of drug-likeness (QED) is 0.181. The zero-order chi connectivity index (χ0) is 39.9.